The minimum atomic E-state index is 0.135. The van der Waals surface area contributed by atoms with Crippen molar-refractivity contribution >= 4 is 5.95 Å². The summed E-state index contributed by atoms with van der Waals surface area (Å²) in [5.74, 6) is 1.43. The number of nitrogens with one attached hydrogen (secondary N) is 1. The highest BCUT2D eigenvalue weighted by Gasteiger charge is 2.34. The van der Waals surface area contributed by atoms with Gasteiger partial charge in [0, 0.05) is 31.9 Å². The van der Waals surface area contributed by atoms with Crippen LogP contribution in [0.3, 0.4) is 0 Å². The predicted molar refractivity (Wildman–Crippen MR) is 76.7 cm³/mol. The first-order chi connectivity index (χ1) is 9.02. The van der Waals surface area contributed by atoms with Crippen LogP contribution in [0.1, 0.15) is 27.2 Å². The molecule has 19 heavy (non-hydrogen) atoms. The van der Waals surface area contributed by atoms with Crippen molar-refractivity contribution < 1.29 is 4.74 Å². The molecule has 0 amide bonds. The second kappa shape index (κ2) is 5.74. The van der Waals surface area contributed by atoms with Crippen LogP contribution in [0.2, 0.25) is 0 Å². The van der Waals surface area contributed by atoms with Gasteiger partial charge < -0.3 is 15.0 Å². The second-order valence-corrected chi connectivity index (χ2v) is 5.87. The van der Waals surface area contributed by atoms with E-state index in [1.807, 2.05) is 27.0 Å². The fraction of sp³-hybridized carbons (Fsp3) is 0.714. The van der Waals surface area contributed by atoms with Gasteiger partial charge in [-0.25, -0.2) is 4.98 Å². The lowest BCUT2D eigenvalue weighted by Gasteiger charge is -2.24. The van der Waals surface area contributed by atoms with Crippen molar-refractivity contribution in [2.24, 2.45) is 5.41 Å². The molecule has 1 aliphatic rings. The van der Waals surface area contributed by atoms with Gasteiger partial charge in [-0.2, -0.15) is 4.98 Å². The van der Waals surface area contributed by atoms with Gasteiger partial charge in [-0.05, 0) is 32.7 Å². The van der Waals surface area contributed by atoms with E-state index in [1.165, 1.54) is 0 Å². The van der Waals surface area contributed by atoms with Crippen LogP contribution in [0.15, 0.2) is 12.3 Å². The highest BCUT2D eigenvalue weighted by molar-refractivity contribution is 5.34. The van der Waals surface area contributed by atoms with Crippen molar-refractivity contribution in [1.82, 2.24) is 15.3 Å². The molecule has 1 atom stereocenters. The van der Waals surface area contributed by atoms with E-state index in [2.05, 4.69) is 27.1 Å². The van der Waals surface area contributed by atoms with E-state index in [9.17, 15) is 0 Å². The monoisotopic (exact) mass is 264 g/mol. The molecule has 5 heteroatoms. The Bertz CT molecular complexity index is 424. The van der Waals surface area contributed by atoms with Crippen LogP contribution in [0.4, 0.5) is 5.95 Å². The molecular formula is C14H24N4O. The van der Waals surface area contributed by atoms with E-state index < -0.39 is 0 Å². The topological polar surface area (TPSA) is 50.3 Å². The van der Waals surface area contributed by atoms with Crippen molar-refractivity contribution in [1.29, 1.82) is 0 Å². The molecule has 1 aromatic heterocycles. The molecule has 2 rings (SSSR count). The summed E-state index contributed by atoms with van der Waals surface area (Å²) in [4.78, 5) is 11.1. The summed E-state index contributed by atoms with van der Waals surface area (Å²) >= 11 is 0. The lowest BCUT2D eigenvalue weighted by Crippen LogP contribution is -2.33. The predicted octanol–water partition coefficient (Wildman–Crippen LogP) is 1.70. The molecule has 0 saturated carbocycles. The zero-order valence-electron chi connectivity index (χ0n) is 12.3. The van der Waals surface area contributed by atoms with Crippen molar-refractivity contribution in [3.8, 4) is 5.88 Å². The molecule has 0 aliphatic carbocycles. The third kappa shape index (κ3) is 3.56. The van der Waals surface area contributed by atoms with Crippen LogP contribution in [0.25, 0.3) is 0 Å². The van der Waals surface area contributed by atoms with Crippen molar-refractivity contribution in [3.05, 3.63) is 12.3 Å². The number of anilines is 1. The van der Waals surface area contributed by atoms with E-state index >= 15 is 0 Å². The summed E-state index contributed by atoms with van der Waals surface area (Å²) in [5.41, 5.74) is 0.299. The Balaban J connectivity index is 2.07. The number of hydrogen-bond acceptors (Lipinski definition) is 5. The fourth-order valence-electron chi connectivity index (χ4n) is 2.56. The third-order valence-electron chi connectivity index (χ3n) is 3.42. The van der Waals surface area contributed by atoms with Crippen LogP contribution in [-0.4, -0.2) is 42.8 Å². The van der Waals surface area contributed by atoms with E-state index in [0.29, 0.717) is 11.3 Å². The maximum atomic E-state index is 5.62. The van der Waals surface area contributed by atoms with Crippen LogP contribution in [0.5, 0.6) is 5.88 Å². The molecule has 1 N–H and O–H groups in total. The SMILES string of the molecule is CNCC1(C)CCN(c2nccc(OC(C)C)n2)C1. The molecule has 0 aromatic carbocycles. The smallest absolute Gasteiger partial charge is 0.228 e. The first-order valence-corrected chi connectivity index (χ1v) is 6.92. The molecule has 0 bridgehead atoms. The Labute approximate surface area is 115 Å². The van der Waals surface area contributed by atoms with Crippen LogP contribution >= 0.6 is 0 Å². The summed E-state index contributed by atoms with van der Waals surface area (Å²) in [7, 11) is 2.00. The van der Waals surface area contributed by atoms with Gasteiger partial charge in [-0.1, -0.05) is 6.92 Å². The van der Waals surface area contributed by atoms with E-state index in [0.717, 1.165) is 32.0 Å². The van der Waals surface area contributed by atoms with Crippen LogP contribution in [-0.2, 0) is 0 Å². The first kappa shape index (κ1) is 14.1. The van der Waals surface area contributed by atoms with Gasteiger partial charge in [0.2, 0.25) is 11.8 Å². The highest BCUT2D eigenvalue weighted by atomic mass is 16.5. The highest BCUT2D eigenvalue weighted by Crippen LogP contribution is 2.31. The fourth-order valence-corrected chi connectivity index (χ4v) is 2.56. The molecular weight excluding hydrogens is 240 g/mol. The molecule has 0 spiro atoms. The number of hydrogen-bond donors (Lipinski definition) is 1. The minimum absolute atomic E-state index is 0.135. The summed E-state index contributed by atoms with van der Waals surface area (Å²) in [6.07, 6.45) is 3.07. The zero-order chi connectivity index (χ0) is 13.9. The van der Waals surface area contributed by atoms with Crippen molar-refractivity contribution in [2.75, 3.05) is 31.6 Å². The summed E-state index contributed by atoms with van der Waals surface area (Å²) < 4.78 is 5.62. The lowest BCUT2D eigenvalue weighted by atomic mass is 9.90. The molecule has 2 heterocycles. The first-order valence-electron chi connectivity index (χ1n) is 6.92. The van der Waals surface area contributed by atoms with Crippen molar-refractivity contribution in [2.45, 2.75) is 33.3 Å². The number of rotatable bonds is 5. The van der Waals surface area contributed by atoms with E-state index in [1.54, 1.807) is 6.20 Å². The number of aromatic nitrogens is 2. The zero-order valence-corrected chi connectivity index (χ0v) is 12.3. The minimum Gasteiger partial charge on any atom is -0.475 e. The van der Waals surface area contributed by atoms with Gasteiger partial charge in [-0.15, -0.1) is 0 Å². The van der Waals surface area contributed by atoms with Gasteiger partial charge in [-0.3, -0.25) is 0 Å². The average Bonchev–Trinajstić information content (AvgIpc) is 2.72. The van der Waals surface area contributed by atoms with Gasteiger partial charge in [0.1, 0.15) is 0 Å². The molecule has 0 radical (unpaired) electrons. The lowest BCUT2D eigenvalue weighted by molar-refractivity contribution is 0.232. The number of ether oxygens (including phenoxy) is 1. The normalized spacial score (nSPS) is 23.1. The molecule has 5 nitrogen and oxygen atoms in total. The molecule has 106 valence electrons. The van der Waals surface area contributed by atoms with Gasteiger partial charge in [0.15, 0.2) is 0 Å². The largest absolute Gasteiger partial charge is 0.475 e. The maximum Gasteiger partial charge on any atom is 0.228 e. The maximum absolute atomic E-state index is 5.62. The van der Waals surface area contributed by atoms with Crippen LogP contribution < -0.4 is 15.0 Å². The Hall–Kier alpha value is -1.36. The molecule has 1 fully saturated rings. The van der Waals surface area contributed by atoms with E-state index in [4.69, 9.17) is 4.74 Å². The third-order valence-corrected chi connectivity index (χ3v) is 3.42. The Kier molecular flexibility index (Phi) is 4.24. The van der Waals surface area contributed by atoms with Crippen molar-refractivity contribution in [3.63, 3.8) is 0 Å². The summed E-state index contributed by atoms with van der Waals surface area (Å²) in [6.45, 7) is 9.31. The Morgan fingerprint density at radius 3 is 3.00 bits per heavy atom. The Morgan fingerprint density at radius 2 is 2.32 bits per heavy atom. The Morgan fingerprint density at radius 1 is 1.53 bits per heavy atom. The molecule has 1 saturated heterocycles. The van der Waals surface area contributed by atoms with Gasteiger partial charge >= 0.3 is 0 Å². The number of nitrogens with zero attached hydrogens (tertiary/aromatic N) is 3. The standard InChI is InChI=1S/C14H24N4O/c1-11(2)19-12-5-7-16-13(17-12)18-8-6-14(3,10-18)9-15-4/h5,7,11,15H,6,8-10H2,1-4H3. The quantitative estimate of drug-likeness (QED) is 0.877. The summed E-state index contributed by atoms with van der Waals surface area (Å²) in [5, 5.41) is 3.27. The molecule has 1 aromatic rings. The second-order valence-electron chi connectivity index (χ2n) is 5.87. The molecule has 1 aliphatic heterocycles. The van der Waals surface area contributed by atoms with E-state index in [-0.39, 0.29) is 6.10 Å². The average molecular weight is 264 g/mol. The van der Waals surface area contributed by atoms with Gasteiger partial charge in [0.25, 0.3) is 0 Å². The van der Waals surface area contributed by atoms with Crippen LogP contribution in [0, 0.1) is 5.41 Å². The molecule has 1 unspecified atom stereocenters. The van der Waals surface area contributed by atoms with Gasteiger partial charge in [0.05, 0.1) is 6.10 Å². The summed E-state index contributed by atoms with van der Waals surface area (Å²) in [6, 6.07) is 1.81.